The number of hydrogen-bond acceptors (Lipinski definition) is 5. The summed E-state index contributed by atoms with van der Waals surface area (Å²) in [6.45, 7) is 0.872. The first kappa shape index (κ1) is 12.2. The Morgan fingerprint density at radius 3 is 2.57 bits per heavy atom. The number of aromatic nitrogens is 2. The van der Waals surface area contributed by atoms with Gasteiger partial charge in [0.1, 0.15) is 18.0 Å². The Hall–Kier alpha value is -2.57. The molecule has 0 saturated carbocycles. The smallest absolute Gasteiger partial charge is 0.232 e. The minimum absolute atomic E-state index is 0.225. The summed E-state index contributed by atoms with van der Waals surface area (Å²) < 4.78 is 13.3. The number of rotatable bonds is 1. The SMILES string of the molecule is O=C1NC(=O)C2CN(c3ncnc4cc(F)ccc34)CC12. The minimum atomic E-state index is -0.361. The lowest BCUT2D eigenvalue weighted by Gasteiger charge is -2.19. The molecule has 106 valence electrons. The molecule has 2 unspecified atom stereocenters. The van der Waals surface area contributed by atoms with E-state index in [4.69, 9.17) is 0 Å². The zero-order chi connectivity index (χ0) is 14.6. The maximum absolute atomic E-state index is 13.3. The van der Waals surface area contributed by atoms with Gasteiger partial charge in [0.2, 0.25) is 11.8 Å². The van der Waals surface area contributed by atoms with Crippen LogP contribution in [-0.4, -0.2) is 34.9 Å². The lowest BCUT2D eigenvalue weighted by atomic mass is 10.00. The number of nitrogens with zero attached hydrogens (tertiary/aromatic N) is 3. The number of benzene rings is 1. The summed E-state index contributed by atoms with van der Waals surface area (Å²) in [7, 11) is 0. The molecule has 0 bridgehead atoms. The van der Waals surface area contributed by atoms with Gasteiger partial charge in [-0.05, 0) is 12.1 Å². The minimum Gasteiger partial charge on any atom is -0.354 e. The number of nitrogens with one attached hydrogen (secondary N) is 1. The molecule has 1 aromatic carbocycles. The summed E-state index contributed by atoms with van der Waals surface area (Å²) in [6.07, 6.45) is 1.37. The molecule has 7 heteroatoms. The van der Waals surface area contributed by atoms with Crippen molar-refractivity contribution in [2.45, 2.75) is 0 Å². The van der Waals surface area contributed by atoms with Gasteiger partial charge < -0.3 is 4.90 Å². The third-order valence-corrected chi connectivity index (χ3v) is 4.12. The third-order valence-electron chi connectivity index (χ3n) is 4.12. The molecule has 2 atom stereocenters. The Morgan fingerprint density at radius 2 is 1.86 bits per heavy atom. The zero-order valence-electron chi connectivity index (χ0n) is 10.9. The van der Waals surface area contributed by atoms with Crippen LogP contribution in [0, 0.1) is 17.7 Å². The van der Waals surface area contributed by atoms with E-state index in [-0.39, 0.29) is 29.5 Å². The van der Waals surface area contributed by atoms with E-state index < -0.39 is 0 Å². The number of fused-ring (bicyclic) bond motifs is 2. The highest BCUT2D eigenvalue weighted by Crippen LogP contribution is 2.33. The molecule has 0 aliphatic carbocycles. The Labute approximate surface area is 119 Å². The molecule has 3 heterocycles. The van der Waals surface area contributed by atoms with E-state index in [1.807, 2.05) is 4.90 Å². The molecule has 2 amide bonds. The normalized spacial score (nSPS) is 24.5. The molecule has 1 N–H and O–H groups in total. The number of amides is 2. The van der Waals surface area contributed by atoms with Crippen molar-refractivity contribution in [3.8, 4) is 0 Å². The van der Waals surface area contributed by atoms with E-state index in [0.29, 0.717) is 29.8 Å². The number of carbonyl (C=O) groups is 2. The molecule has 2 aliphatic rings. The number of imide groups is 1. The molecule has 2 saturated heterocycles. The van der Waals surface area contributed by atoms with Gasteiger partial charge in [0, 0.05) is 24.5 Å². The monoisotopic (exact) mass is 286 g/mol. The number of halogens is 1. The summed E-state index contributed by atoms with van der Waals surface area (Å²) in [5.74, 6) is -0.838. The fourth-order valence-corrected chi connectivity index (χ4v) is 3.08. The predicted octanol–water partition coefficient (Wildman–Crippen LogP) is 0.478. The first-order valence-electron chi connectivity index (χ1n) is 6.63. The molecule has 0 spiro atoms. The summed E-state index contributed by atoms with van der Waals surface area (Å²) in [6, 6.07) is 4.31. The van der Waals surface area contributed by atoms with Crippen molar-refractivity contribution in [2.75, 3.05) is 18.0 Å². The van der Waals surface area contributed by atoms with Crippen molar-refractivity contribution in [1.29, 1.82) is 0 Å². The molecule has 2 aromatic rings. The molecule has 1 aromatic heterocycles. The first-order chi connectivity index (χ1) is 10.1. The van der Waals surface area contributed by atoms with Crippen LogP contribution in [0.25, 0.3) is 10.9 Å². The maximum atomic E-state index is 13.3. The van der Waals surface area contributed by atoms with Gasteiger partial charge in [-0.1, -0.05) is 0 Å². The summed E-state index contributed by atoms with van der Waals surface area (Å²) in [5.41, 5.74) is 0.507. The van der Waals surface area contributed by atoms with E-state index >= 15 is 0 Å². The van der Waals surface area contributed by atoms with E-state index in [1.54, 1.807) is 6.07 Å². The highest BCUT2D eigenvalue weighted by molar-refractivity contribution is 6.06. The highest BCUT2D eigenvalue weighted by Gasteiger charge is 2.48. The average molecular weight is 286 g/mol. The van der Waals surface area contributed by atoms with Gasteiger partial charge >= 0.3 is 0 Å². The van der Waals surface area contributed by atoms with Crippen molar-refractivity contribution < 1.29 is 14.0 Å². The largest absolute Gasteiger partial charge is 0.354 e. The quantitative estimate of drug-likeness (QED) is 0.772. The van der Waals surface area contributed by atoms with Crippen LogP contribution >= 0.6 is 0 Å². The van der Waals surface area contributed by atoms with Crippen LogP contribution in [0.2, 0.25) is 0 Å². The second-order valence-electron chi connectivity index (χ2n) is 5.33. The van der Waals surface area contributed by atoms with Crippen molar-refractivity contribution in [3.63, 3.8) is 0 Å². The fourth-order valence-electron chi connectivity index (χ4n) is 3.08. The molecular formula is C14H11FN4O2. The second-order valence-corrected chi connectivity index (χ2v) is 5.33. The molecule has 4 rings (SSSR count). The standard InChI is InChI=1S/C14H11FN4O2/c15-7-1-2-8-11(3-7)16-6-17-12(8)19-4-9-10(5-19)14(21)18-13(9)20/h1-3,6,9-10H,4-5H2,(H,18,20,21). The van der Waals surface area contributed by atoms with Gasteiger partial charge in [0.15, 0.2) is 0 Å². The van der Waals surface area contributed by atoms with Gasteiger partial charge in [0.05, 0.1) is 17.4 Å². The lowest BCUT2D eigenvalue weighted by Crippen LogP contribution is -2.31. The number of carbonyl (C=O) groups excluding carboxylic acids is 2. The van der Waals surface area contributed by atoms with Crippen LogP contribution in [-0.2, 0) is 9.59 Å². The Bertz CT molecular complexity index is 757. The van der Waals surface area contributed by atoms with Crippen LogP contribution in [0.4, 0.5) is 10.2 Å². The van der Waals surface area contributed by atoms with Gasteiger partial charge in [-0.25, -0.2) is 14.4 Å². The first-order valence-corrected chi connectivity index (χ1v) is 6.63. The highest BCUT2D eigenvalue weighted by atomic mass is 19.1. The van der Waals surface area contributed by atoms with Gasteiger partial charge in [-0.2, -0.15) is 0 Å². The number of anilines is 1. The zero-order valence-corrected chi connectivity index (χ0v) is 10.9. The van der Waals surface area contributed by atoms with E-state index in [9.17, 15) is 14.0 Å². The Balaban J connectivity index is 1.75. The lowest BCUT2D eigenvalue weighted by molar-refractivity contribution is -0.126. The van der Waals surface area contributed by atoms with Crippen molar-refractivity contribution in [3.05, 3.63) is 30.3 Å². The summed E-state index contributed by atoms with van der Waals surface area (Å²) >= 11 is 0. The predicted molar refractivity (Wildman–Crippen MR) is 71.8 cm³/mol. The maximum Gasteiger partial charge on any atom is 0.232 e. The molecule has 2 aliphatic heterocycles. The van der Waals surface area contributed by atoms with Crippen molar-refractivity contribution in [1.82, 2.24) is 15.3 Å². The van der Waals surface area contributed by atoms with Crippen LogP contribution in [0.1, 0.15) is 0 Å². The van der Waals surface area contributed by atoms with E-state index in [0.717, 1.165) is 0 Å². The summed E-state index contributed by atoms with van der Waals surface area (Å²) in [4.78, 5) is 33.6. The average Bonchev–Trinajstić information content (AvgIpc) is 3.00. The Kier molecular flexibility index (Phi) is 2.44. The van der Waals surface area contributed by atoms with Crippen LogP contribution in [0.15, 0.2) is 24.5 Å². The summed E-state index contributed by atoms with van der Waals surface area (Å²) in [5, 5.41) is 3.06. The van der Waals surface area contributed by atoms with Crippen LogP contribution in [0.5, 0.6) is 0 Å². The molecule has 2 fully saturated rings. The van der Waals surface area contributed by atoms with Crippen LogP contribution < -0.4 is 10.2 Å². The molecule has 6 nitrogen and oxygen atoms in total. The molecule has 0 radical (unpaired) electrons. The van der Waals surface area contributed by atoms with E-state index in [2.05, 4.69) is 15.3 Å². The number of hydrogen-bond donors (Lipinski definition) is 1. The van der Waals surface area contributed by atoms with Crippen LogP contribution in [0.3, 0.4) is 0 Å². The fraction of sp³-hybridized carbons (Fsp3) is 0.286. The van der Waals surface area contributed by atoms with Gasteiger partial charge in [0.25, 0.3) is 0 Å². The third kappa shape index (κ3) is 1.77. The van der Waals surface area contributed by atoms with Gasteiger partial charge in [-0.3, -0.25) is 14.9 Å². The van der Waals surface area contributed by atoms with Crippen molar-refractivity contribution >= 4 is 28.5 Å². The van der Waals surface area contributed by atoms with Gasteiger partial charge in [-0.15, -0.1) is 0 Å². The topological polar surface area (TPSA) is 75.2 Å². The molecule has 21 heavy (non-hydrogen) atoms. The molecular weight excluding hydrogens is 275 g/mol. The Morgan fingerprint density at radius 1 is 1.14 bits per heavy atom. The van der Waals surface area contributed by atoms with E-state index in [1.165, 1.54) is 18.5 Å². The van der Waals surface area contributed by atoms with Crippen molar-refractivity contribution in [2.24, 2.45) is 11.8 Å². The second kappa shape index (κ2) is 4.21.